The van der Waals surface area contributed by atoms with Crippen LogP contribution in [0.2, 0.25) is 0 Å². The van der Waals surface area contributed by atoms with Gasteiger partial charge in [0.15, 0.2) is 15.0 Å². The number of fused-ring (bicyclic) bond motifs is 1. The number of rotatable bonds is 8. The van der Waals surface area contributed by atoms with E-state index in [1.54, 1.807) is 30.0 Å². The summed E-state index contributed by atoms with van der Waals surface area (Å²) in [7, 11) is 0.437. The molecule has 0 aliphatic carbocycles. The monoisotopic (exact) mass is 495 g/mol. The molecule has 0 aliphatic rings. The Morgan fingerprint density at radius 2 is 1.78 bits per heavy atom. The number of hydrogen-bond acceptors (Lipinski definition) is 6. The summed E-state index contributed by atoms with van der Waals surface area (Å²) in [4.78, 5) is 22.2. The Hall–Kier alpha value is -2.00. The highest BCUT2D eigenvalue weighted by Crippen LogP contribution is 2.33. The Bertz CT molecular complexity index is 1210. The number of sulfone groups is 1. The van der Waals surface area contributed by atoms with E-state index in [0.717, 1.165) is 34.3 Å². The molecule has 0 radical (unpaired) electrons. The van der Waals surface area contributed by atoms with E-state index >= 15 is 0 Å². The number of anilines is 1. The second-order valence-corrected chi connectivity index (χ2v) is 11.2. The van der Waals surface area contributed by atoms with Gasteiger partial charge in [-0.05, 0) is 70.2 Å². The van der Waals surface area contributed by atoms with Crippen LogP contribution in [0.4, 0.5) is 5.13 Å². The molecule has 1 aromatic heterocycles. The molecule has 6 nitrogen and oxygen atoms in total. The van der Waals surface area contributed by atoms with E-state index < -0.39 is 9.84 Å². The van der Waals surface area contributed by atoms with Crippen LogP contribution < -0.4 is 4.90 Å². The first kappa shape index (κ1) is 26.3. The number of halogens is 1. The molecular weight excluding hydrogens is 466 g/mol. The highest BCUT2D eigenvalue weighted by molar-refractivity contribution is 7.91. The Labute approximate surface area is 200 Å². The van der Waals surface area contributed by atoms with Gasteiger partial charge in [-0.25, -0.2) is 13.4 Å². The van der Waals surface area contributed by atoms with Crippen molar-refractivity contribution < 1.29 is 13.2 Å². The Kier molecular flexibility index (Phi) is 8.82. The Morgan fingerprint density at radius 3 is 2.44 bits per heavy atom. The van der Waals surface area contributed by atoms with Crippen LogP contribution in [0.15, 0.2) is 41.3 Å². The molecule has 174 valence electrons. The van der Waals surface area contributed by atoms with Gasteiger partial charge in [0.25, 0.3) is 5.91 Å². The quantitative estimate of drug-likeness (QED) is 0.452. The molecule has 3 aromatic rings. The molecule has 2 aromatic carbocycles. The van der Waals surface area contributed by atoms with Crippen molar-refractivity contribution in [3.05, 3.63) is 53.1 Å². The number of amides is 1. The fourth-order valence-electron chi connectivity index (χ4n) is 3.52. The lowest BCUT2D eigenvalue weighted by Crippen LogP contribution is -2.34. The topological polar surface area (TPSA) is 70.6 Å². The minimum atomic E-state index is -3.53. The lowest BCUT2D eigenvalue weighted by molar-refractivity contribution is 0.0983. The van der Waals surface area contributed by atoms with E-state index in [2.05, 4.69) is 11.0 Å². The van der Waals surface area contributed by atoms with E-state index in [1.807, 2.05) is 34.0 Å². The third-order valence-corrected chi connectivity index (χ3v) is 8.12. The third-order valence-electron chi connectivity index (χ3n) is 5.10. The summed E-state index contributed by atoms with van der Waals surface area (Å²) in [5.41, 5.74) is 3.29. The molecule has 0 atom stereocenters. The van der Waals surface area contributed by atoms with Crippen LogP contribution in [0.3, 0.4) is 0 Å². The van der Waals surface area contributed by atoms with Gasteiger partial charge < -0.3 is 4.90 Å². The molecule has 0 fully saturated rings. The zero-order valence-corrected chi connectivity index (χ0v) is 21.5. The highest BCUT2D eigenvalue weighted by Gasteiger charge is 2.27. The average Bonchev–Trinajstić information content (AvgIpc) is 3.14. The fourth-order valence-corrected chi connectivity index (χ4v) is 5.65. The van der Waals surface area contributed by atoms with Crippen LogP contribution in [0.5, 0.6) is 0 Å². The first-order valence-electron chi connectivity index (χ1n) is 10.3. The van der Waals surface area contributed by atoms with Gasteiger partial charge in [0, 0.05) is 6.54 Å². The second-order valence-electron chi connectivity index (χ2n) is 7.94. The molecule has 0 bridgehead atoms. The SMILES string of the molecule is CCS(=O)(=O)c1ccccc1C(=O)N(CCCN(C)C)c1nc2cc(C)cc(C)c2s1.Cl. The zero-order valence-electron chi connectivity index (χ0n) is 19.1. The number of thiazole rings is 1. The number of aryl methyl sites for hydroxylation is 2. The van der Waals surface area contributed by atoms with Crippen molar-refractivity contribution in [3.8, 4) is 0 Å². The van der Waals surface area contributed by atoms with E-state index in [9.17, 15) is 13.2 Å². The standard InChI is InChI=1S/C23H29N3O3S2.ClH/c1-6-31(28,29)20-11-8-7-10-18(20)22(27)26(13-9-12-25(4)5)23-24-19-15-16(2)14-17(3)21(19)30-23;/h7-8,10-11,14-15H,6,9,12-13H2,1-5H3;1H. The summed E-state index contributed by atoms with van der Waals surface area (Å²) >= 11 is 1.47. The molecule has 0 unspecified atom stereocenters. The fraction of sp³-hybridized carbons (Fsp3) is 0.391. The molecule has 0 saturated carbocycles. The van der Waals surface area contributed by atoms with Gasteiger partial charge in [-0.15, -0.1) is 12.4 Å². The van der Waals surface area contributed by atoms with Crippen molar-refractivity contribution in [1.82, 2.24) is 9.88 Å². The molecular formula is C23H30ClN3O3S2. The van der Waals surface area contributed by atoms with Crippen molar-refractivity contribution in [3.63, 3.8) is 0 Å². The maximum Gasteiger partial charge on any atom is 0.261 e. The average molecular weight is 496 g/mol. The van der Waals surface area contributed by atoms with E-state index in [1.165, 1.54) is 17.4 Å². The Balaban J connectivity index is 0.00000363. The van der Waals surface area contributed by atoms with Crippen molar-refractivity contribution in [2.24, 2.45) is 0 Å². The van der Waals surface area contributed by atoms with Crippen molar-refractivity contribution in [2.75, 3.05) is 37.8 Å². The van der Waals surface area contributed by atoms with E-state index in [0.29, 0.717) is 11.7 Å². The molecule has 0 saturated heterocycles. The predicted molar refractivity (Wildman–Crippen MR) is 135 cm³/mol. The van der Waals surface area contributed by atoms with E-state index in [4.69, 9.17) is 4.98 Å². The lowest BCUT2D eigenvalue weighted by atomic mass is 10.1. The van der Waals surface area contributed by atoms with Gasteiger partial charge in [-0.1, -0.05) is 36.5 Å². The van der Waals surface area contributed by atoms with Gasteiger partial charge in [0.05, 0.1) is 26.4 Å². The molecule has 1 heterocycles. The maximum atomic E-state index is 13.6. The van der Waals surface area contributed by atoms with Gasteiger partial charge in [-0.3, -0.25) is 9.69 Å². The van der Waals surface area contributed by atoms with Crippen LogP contribution in [-0.2, 0) is 9.84 Å². The van der Waals surface area contributed by atoms with Crippen LogP contribution >= 0.6 is 23.7 Å². The summed E-state index contributed by atoms with van der Waals surface area (Å²) in [6.07, 6.45) is 0.745. The lowest BCUT2D eigenvalue weighted by Gasteiger charge is -2.22. The highest BCUT2D eigenvalue weighted by atomic mass is 35.5. The number of carbonyl (C=O) groups excluding carboxylic acids is 1. The van der Waals surface area contributed by atoms with Gasteiger partial charge >= 0.3 is 0 Å². The Morgan fingerprint density at radius 1 is 1.09 bits per heavy atom. The normalized spacial score (nSPS) is 11.6. The van der Waals surface area contributed by atoms with Gasteiger partial charge in [-0.2, -0.15) is 0 Å². The van der Waals surface area contributed by atoms with Crippen LogP contribution in [0, 0.1) is 13.8 Å². The number of nitrogens with zero attached hydrogens (tertiary/aromatic N) is 3. The second kappa shape index (κ2) is 10.7. The van der Waals surface area contributed by atoms with Crippen molar-refractivity contribution in [1.29, 1.82) is 0 Å². The summed E-state index contributed by atoms with van der Waals surface area (Å²) < 4.78 is 26.3. The largest absolute Gasteiger partial charge is 0.309 e. The van der Waals surface area contributed by atoms with Crippen LogP contribution in [-0.4, -0.2) is 57.1 Å². The third kappa shape index (κ3) is 5.67. The first-order chi connectivity index (χ1) is 14.6. The molecule has 0 aliphatic heterocycles. The zero-order chi connectivity index (χ0) is 22.8. The van der Waals surface area contributed by atoms with Crippen molar-refractivity contribution in [2.45, 2.75) is 32.1 Å². The first-order valence-corrected chi connectivity index (χ1v) is 12.8. The van der Waals surface area contributed by atoms with Crippen LogP contribution in [0.1, 0.15) is 34.8 Å². The number of aromatic nitrogens is 1. The smallest absolute Gasteiger partial charge is 0.261 e. The maximum absolute atomic E-state index is 13.6. The number of carbonyl (C=O) groups is 1. The molecule has 32 heavy (non-hydrogen) atoms. The van der Waals surface area contributed by atoms with Gasteiger partial charge in [0.2, 0.25) is 0 Å². The number of hydrogen-bond donors (Lipinski definition) is 0. The van der Waals surface area contributed by atoms with Crippen molar-refractivity contribution >= 4 is 54.8 Å². The summed E-state index contributed by atoms with van der Waals surface area (Å²) in [5, 5.41) is 0.594. The minimum absolute atomic E-state index is 0. The van der Waals surface area contributed by atoms with E-state index in [-0.39, 0.29) is 34.5 Å². The molecule has 3 rings (SSSR count). The summed E-state index contributed by atoms with van der Waals surface area (Å²) in [5.74, 6) is -0.392. The molecule has 0 spiro atoms. The summed E-state index contributed by atoms with van der Waals surface area (Å²) in [6.45, 7) is 6.91. The minimum Gasteiger partial charge on any atom is -0.309 e. The van der Waals surface area contributed by atoms with Gasteiger partial charge in [0.1, 0.15) is 0 Å². The predicted octanol–water partition coefficient (Wildman–Crippen LogP) is 4.73. The molecule has 9 heteroatoms. The molecule has 0 N–H and O–H groups in total. The summed E-state index contributed by atoms with van der Waals surface area (Å²) in [6, 6.07) is 10.6. The number of benzene rings is 2. The molecule has 1 amide bonds. The van der Waals surface area contributed by atoms with Crippen LogP contribution in [0.25, 0.3) is 10.2 Å².